The summed E-state index contributed by atoms with van der Waals surface area (Å²) in [6.07, 6.45) is 3.65. The van der Waals surface area contributed by atoms with E-state index < -0.39 is 0 Å². The van der Waals surface area contributed by atoms with Gasteiger partial charge in [-0.1, -0.05) is 42.5 Å². The van der Waals surface area contributed by atoms with E-state index in [0.717, 1.165) is 13.0 Å². The highest BCUT2D eigenvalue weighted by molar-refractivity contribution is 5.85. The summed E-state index contributed by atoms with van der Waals surface area (Å²) >= 11 is 0. The Labute approximate surface area is 96.5 Å². The molecule has 1 unspecified atom stereocenters. The van der Waals surface area contributed by atoms with Gasteiger partial charge >= 0.3 is 0 Å². The second-order valence-electron chi connectivity index (χ2n) is 4.54. The van der Waals surface area contributed by atoms with E-state index in [1.54, 1.807) is 0 Å². The molecule has 0 aromatic heterocycles. The fourth-order valence-electron chi connectivity index (χ4n) is 2.58. The number of hydrogen-bond donors (Lipinski definition) is 0. The van der Waals surface area contributed by atoms with Crippen molar-refractivity contribution in [1.29, 1.82) is 0 Å². The van der Waals surface area contributed by atoms with Crippen LogP contribution in [0.2, 0.25) is 0 Å². The van der Waals surface area contributed by atoms with Gasteiger partial charge in [-0.15, -0.1) is 0 Å². The second kappa shape index (κ2) is 4.26. The summed E-state index contributed by atoms with van der Waals surface area (Å²) in [6, 6.07) is 15.8. The molecule has 0 N–H and O–H groups in total. The molecule has 2 aromatic rings. The Balaban J connectivity index is 1.96. The second-order valence-corrected chi connectivity index (χ2v) is 4.54. The summed E-state index contributed by atoms with van der Waals surface area (Å²) in [6.45, 7) is 1.06. The zero-order valence-electron chi connectivity index (χ0n) is 9.39. The molecule has 2 aromatic carbocycles. The van der Waals surface area contributed by atoms with Crippen LogP contribution in [0.5, 0.6) is 0 Å². The smallest absolute Gasteiger partial charge is 0.0287 e. The van der Waals surface area contributed by atoms with Gasteiger partial charge in [0.25, 0.3) is 0 Å². The summed E-state index contributed by atoms with van der Waals surface area (Å²) in [7, 11) is 0. The van der Waals surface area contributed by atoms with Crippen molar-refractivity contribution in [2.75, 3.05) is 6.54 Å². The summed E-state index contributed by atoms with van der Waals surface area (Å²) in [5.74, 6) is 0. The lowest BCUT2D eigenvalue weighted by molar-refractivity contribution is 0.595. The molecule has 0 aliphatic carbocycles. The van der Waals surface area contributed by atoms with Crippen molar-refractivity contribution in [2.45, 2.75) is 25.3 Å². The van der Waals surface area contributed by atoms with Crippen LogP contribution in [0.25, 0.3) is 10.8 Å². The van der Waals surface area contributed by atoms with Gasteiger partial charge in [0.1, 0.15) is 0 Å². The molecule has 0 amide bonds. The first-order valence-corrected chi connectivity index (χ1v) is 6.07. The first kappa shape index (κ1) is 9.86. The molecule has 0 saturated carbocycles. The number of rotatable bonds is 2. The fraction of sp³-hybridized carbons (Fsp3) is 0.333. The molecule has 1 nitrogen and oxygen atoms in total. The van der Waals surface area contributed by atoms with Crippen LogP contribution in [0.3, 0.4) is 0 Å². The van der Waals surface area contributed by atoms with Gasteiger partial charge in [0, 0.05) is 12.6 Å². The van der Waals surface area contributed by atoms with E-state index in [2.05, 4.69) is 47.8 Å². The minimum atomic E-state index is 0.561. The van der Waals surface area contributed by atoms with Gasteiger partial charge in [-0.3, -0.25) is 0 Å². The van der Waals surface area contributed by atoms with E-state index in [-0.39, 0.29) is 0 Å². The average Bonchev–Trinajstić information content (AvgIpc) is 2.82. The predicted octanol–water partition coefficient (Wildman–Crippen LogP) is 3.15. The predicted molar refractivity (Wildman–Crippen MR) is 67.7 cm³/mol. The molecular formula is C15H16N. The zero-order chi connectivity index (χ0) is 10.8. The highest BCUT2D eigenvalue weighted by Crippen LogP contribution is 2.22. The van der Waals surface area contributed by atoms with E-state index in [1.165, 1.54) is 29.2 Å². The van der Waals surface area contributed by atoms with Gasteiger partial charge in [0.05, 0.1) is 0 Å². The standard InChI is InChI=1S/C15H16N/c1-2-9-15-12(5-1)6-3-7-13(15)11-14-8-4-10-16-14/h1-3,5-7,9,14H,4,8,10-11H2. The Morgan fingerprint density at radius 2 is 1.94 bits per heavy atom. The minimum absolute atomic E-state index is 0.561. The van der Waals surface area contributed by atoms with E-state index in [9.17, 15) is 0 Å². The van der Waals surface area contributed by atoms with Crippen molar-refractivity contribution in [1.82, 2.24) is 5.32 Å². The van der Waals surface area contributed by atoms with Crippen LogP contribution >= 0.6 is 0 Å². The monoisotopic (exact) mass is 210 g/mol. The summed E-state index contributed by atoms with van der Waals surface area (Å²) < 4.78 is 0. The first-order valence-electron chi connectivity index (χ1n) is 6.07. The lowest BCUT2D eigenvalue weighted by Gasteiger charge is -2.11. The Kier molecular flexibility index (Phi) is 2.63. The van der Waals surface area contributed by atoms with Crippen LogP contribution in [-0.4, -0.2) is 12.6 Å². The quantitative estimate of drug-likeness (QED) is 0.723. The van der Waals surface area contributed by atoms with Gasteiger partial charge in [0.2, 0.25) is 0 Å². The molecule has 1 heteroatoms. The van der Waals surface area contributed by atoms with Crippen LogP contribution in [0.4, 0.5) is 0 Å². The molecule has 1 aliphatic rings. The molecule has 0 bridgehead atoms. The van der Waals surface area contributed by atoms with Gasteiger partial charge in [-0.05, 0) is 35.6 Å². The Morgan fingerprint density at radius 3 is 2.81 bits per heavy atom. The number of benzene rings is 2. The normalized spacial score (nSPS) is 20.4. The molecular weight excluding hydrogens is 194 g/mol. The van der Waals surface area contributed by atoms with E-state index in [1.807, 2.05) is 0 Å². The third-order valence-electron chi connectivity index (χ3n) is 3.42. The molecule has 1 radical (unpaired) electrons. The van der Waals surface area contributed by atoms with E-state index in [4.69, 9.17) is 0 Å². The van der Waals surface area contributed by atoms with Crippen LogP contribution in [0.1, 0.15) is 18.4 Å². The van der Waals surface area contributed by atoms with Gasteiger partial charge < -0.3 is 0 Å². The molecule has 0 spiro atoms. The molecule has 1 aliphatic heterocycles. The SMILES string of the molecule is c1ccc2c(CC3CCC[N]3)cccc2c1. The van der Waals surface area contributed by atoms with Crippen molar-refractivity contribution < 1.29 is 0 Å². The number of fused-ring (bicyclic) bond motifs is 1. The summed E-state index contributed by atoms with van der Waals surface area (Å²) in [5, 5.41) is 7.38. The topological polar surface area (TPSA) is 14.1 Å². The molecule has 3 rings (SSSR count). The van der Waals surface area contributed by atoms with Crippen LogP contribution in [0, 0.1) is 0 Å². The third kappa shape index (κ3) is 1.83. The highest BCUT2D eigenvalue weighted by Gasteiger charge is 2.16. The van der Waals surface area contributed by atoms with Gasteiger partial charge in [-0.25, -0.2) is 5.32 Å². The highest BCUT2D eigenvalue weighted by atomic mass is 14.9. The van der Waals surface area contributed by atoms with Crippen LogP contribution < -0.4 is 5.32 Å². The molecule has 1 heterocycles. The van der Waals surface area contributed by atoms with Crippen molar-refractivity contribution in [3.63, 3.8) is 0 Å². The third-order valence-corrected chi connectivity index (χ3v) is 3.42. The molecule has 1 saturated heterocycles. The van der Waals surface area contributed by atoms with Crippen LogP contribution in [0.15, 0.2) is 42.5 Å². The summed E-state index contributed by atoms with van der Waals surface area (Å²) in [5.41, 5.74) is 1.45. The molecule has 81 valence electrons. The Morgan fingerprint density at radius 1 is 1.06 bits per heavy atom. The van der Waals surface area contributed by atoms with Crippen LogP contribution in [-0.2, 0) is 6.42 Å². The van der Waals surface area contributed by atoms with Gasteiger partial charge in [0.15, 0.2) is 0 Å². The van der Waals surface area contributed by atoms with Crippen molar-refractivity contribution in [3.8, 4) is 0 Å². The lowest BCUT2D eigenvalue weighted by Crippen LogP contribution is -2.17. The average molecular weight is 210 g/mol. The fourth-order valence-corrected chi connectivity index (χ4v) is 2.58. The number of hydrogen-bond acceptors (Lipinski definition) is 0. The largest absolute Gasteiger partial charge is 0.238 e. The van der Waals surface area contributed by atoms with E-state index >= 15 is 0 Å². The molecule has 1 fully saturated rings. The maximum Gasteiger partial charge on any atom is 0.0287 e. The maximum atomic E-state index is 4.64. The van der Waals surface area contributed by atoms with E-state index in [0.29, 0.717) is 6.04 Å². The Bertz CT molecular complexity index is 478. The maximum absolute atomic E-state index is 4.64. The minimum Gasteiger partial charge on any atom is -0.238 e. The Hall–Kier alpha value is -1.34. The molecule has 16 heavy (non-hydrogen) atoms. The summed E-state index contributed by atoms with van der Waals surface area (Å²) in [4.78, 5) is 0. The lowest BCUT2D eigenvalue weighted by atomic mass is 9.98. The number of nitrogens with zero attached hydrogens (tertiary/aromatic N) is 1. The van der Waals surface area contributed by atoms with Crippen molar-refractivity contribution in [2.24, 2.45) is 0 Å². The first-order chi connectivity index (χ1) is 7.93. The van der Waals surface area contributed by atoms with Gasteiger partial charge in [-0.2, -0.15) is 0 Å². The zero-order valence-corrected chi connectivity index (χ0v) is 9.39. The molecule has 1 atom stereocenters. The van der Waals surface area contributed by atoms with Crippen molar-refractivity contribution >= 4 is 10.8 Å². The van der Waals surface area contributed by atoms with Crippen molar-refractivity contribution in [3.05, 3.63) is 48.0 Å².